The van der Waals surface area contributed by atoms with Gasteiger partial charge in [-0.25, -0.2) is 4.39 Å². The largest absolute Gasteiger partial charge is 0.370 e. The molecular weight excluding hydrogens is 341 g/mol. The lowest BCUT2D eigenvalue weighted by molar-refractivity contribution is 0.343. The van der Waals surface area contributed by atoms with Gasteiger partial charge in [-0.3, -0.25) is 4.99 Å². The molecule has 0 saturated carbocycles. The van der Waals surface area contributed by atoms with Crippen LogP contribution in [0.5, 0.6) is 0 Å². The van der Waals surface area contributed by atoms with Crippen LogP contribution in [-0.4, -0.2) is 17.4 Å². The van der Waals surface area contributed by atoms with Gasteiger partial charge in [0.1, 0.15) is 5.82 Å². The Morgan fingerprint density at radius 1 is 1.45 bits per heavy atom. The van der Waals surface area contributed by atoms with Crippen LogP contribution < -0.4 is 5.73 Å². The van der Waals surface area contributed by atoms with Gasteiger partial charge in [0.25, 0.3) is 0 Å². The zero-order chi connectivity index (χ0) is 14.1. The van der Waals surface area contributed by atoms with Crippen LogP contribution in [-0.2, 0) is 6.54 Å². The Hall–Kier alpha value is -1.40. The van der Waals surface area contributed by atoms with Crippen LogP contribution in [0.1, 0.15) is 16.5 Å². The number of nitrogens with two attached hydrogens (primary N) is 1. The Kier molecular flexibility index (Phi) is 3.76. The van der Waals surface area contributed by atoms with Crippen molar-refractivity contribution in [2.24, 2.45) is 10.7 Å². The van der Waals surface area contributed by atoms with E-state index >= 15 is 0 Å². The molecule has 2 aromatic rings. The standard InChI is InChI=1S/C14H13BrFN3S/c15-11-6-9(3-4-12(11)16)13-7-18-14(17)19(13)8-10-2-1-5-20-10/h1-6,13H,7-8H2,(H2,17,18). The number of hydrogen-bond acceptors (Lipinski definition) is 4. The SMILES string of the molecule is NC1=NCC(c2ccc(F)c(Br)c2)N1Cc1cccs1. The first kappa shape index (κ1) is 13.6. The van der Waals surface area contributed by atoms with Crippen molar-refractivity contribution < 1.29 is 4.39 Å². The molecule has 3 nitrogen and oxygen atoms in total. The maximum atomic E-state index is 13.4. The zero-order valence-electron chi connectivity index (χ0n) is 10.6. The zero-order valence-corrected chi connectivity index (χ0v) is 13.0. The molecule has 2 heterocycles. The summed E-state index contributed by atoms with van der Waals surface area (Å²) >= 11 is 4.92. The highest BCUT2D eigenvalue weighted by Gasteiger charge is 2.28. The number of halogens is 2. The van der Waals surface area contributed by atoms with Crippen LogP contribution in [0.25, 0.3) is 0 Å². The predicted octanol–water partition coefficient (Wildman–Crippen LogP) is 3.52. The van der Waals surface area contributed by atoms with E-state index in [1.807, 2.05) is 11.4 Å². The van der Waals surface area contributed by atoms with Crippen LogP contribution in [0, 0.1) is 5.82 Å². The number of benzene rings is 1. The van der Waals surface area contributed by atoms with Gasteiger partial charge in [0.15, 0.2) is 5.96 Å². The minimum Gasteiger partial charge on any atom is -0.370 e. The van der Waals surface area contributed by atoms with Crippen LogP contribution >= 0.6 is 27.3 Å². The first-order valence-electron chi connectivity index (χ1n) is 6.19. The van der Waals surface area contributed by atoms with Gasteiger partial charge in [-0.1, -0.05) is 12.1 Å². The lowest BCUT2D eigenvalue weighted by Gasteiger charge is -2.26. The molecule has 1 aliphatic rings. The number of hydrogen-bond donors (Lipinski definition) is 1. The molecule has 1 aromatic carbocycles. The molecule has 1 aliphatic heterocycles. The molecule has 2 N–H and O–H groups in total. The van der Waals surface area contributed by atoms with E-state index in [1.54, 1.807) is 23.5 Å². The first-order valence-corrected chi connectivity index (χ1v) is 7.86. The van der Waals surface area contributed by atoms with E-state index in [2.05, 4.69) is 31.9 Å². The molecule has 20 heavy (non-hydrogen) atoms. The summed E-state index contributed by atoms with van der Waals surface area (Å²) < 4.78 is 13.8. The maximum Gasteiger partial charge on any atom is 0.192 e. The third-order valence-corrected chi connectivity index (χ3v) is 4.80. The fourth-order valence-corrected chi connectivity index (χ4v) is 3.39. The van der Waals surface area contributed by atoms with Gasteiger partial charge in [0, 0.05) is 4.88 Å². The molecule has 0 amide bonds. The van der Waals surface area contributed by atoms with Crippen LogP contribution in [0.3, 0.4) is 0 Å². The highest BCUT2D eigenvalue weighted by atomic mass is 79.9. The third kappa shape index (κ3) is 2.58. The fraction of sp³-hybridized carbons (Fsp3) is 0.214. The number of nitrogens with zero attached hydrogens (tertiary/aromatic N) is 2. The van der Waals surface area contributed by atoms with Crippen molar-refractivity contribution in [3.63, 3.8) is 0 Å². The molecule has 0 radical (unpaired) electrons. The molecule has 0 fully saturated rings. The molecule has 0 saturated heterocycles. The quantitative estimate of drug-likeness (QED) is 0.916. The van der Waals surface area contributed by atoms with Gasteiger partial charge in [-0.05, 0) is 45.1 Å². The molecule has 1 aromatic heterocycles. The Balaban J connectivity index is 1.86. The fourth-order valence-electron chi connectivity index (χ4n) is 2.30. The number of guanidine groups is 1. The summed E-state index contributed by atoms with van der Waals surface area (Å²) in [6.45, 7) is 1.34. The van der Waals surface area contributed by atoms with Gasteiger partial charge in [0.2, 0.25) is 0 Å². The summed E-state index contributed by atoms with van der Waals surface area (Å²) in [5.74, 6) is 0.286. The molecule has 0 bridgehead atoms. The van der Waals surface area contributed by atoms with Gasteiger partial charge < -0.3 is 10.6 Å². The summed E-state index contributed by atoms with van der Waals surface area (Å²) in [6.07, 6.45) is 0. The first-order chi connectivity index (χ1) is 9.65. The monoisotopic (exact) mass is 353 g/mol. The van der Waals surface area contributed by atoms with Crippen molar-refractivity contribution in [2.45, 2.75) is 12.6 Å². The summed E-state index contributed by atoms with van der Waals surface area (Å²) in [4.78, 5) is 7.62. The normalized spacial score (nSPS) is 18.4. The highest BCUT2D eigenvalue weighted by molar-refractivity contribution is 9.10. The molecule has 104 valence electrons. The summed E-state index contributed by atoms with van der Waals surface area (Å²) in [5, 5.41) is 2.04. The van der Waals surface area contributed by atoms with Crippen LogP contribution in [0.4, 0.5) is 4.39 Å². The minimum absolute atomic E-state index is 0.0639. The Bertz CT molecular complexity index is 642. The summed E-state index contributed by atoms with van der Waals surface area (Å²) in [5.41, 5.74) is 7.00. The molecule has 0 aliphatic carbocycles. The summed E-state index contributed by atoms with van der Waals surface area (Å²) in [7, 11) is 0. The van der Waals surface area contributed by atoms with Gasteiger partial charge in [-0.2, -0.15) is 0 Å². The van der Waals surface area contributed by atoms with Gasteiger partial charge in [0.05, 0.1) is 23.6 Å². The summed E-state index contributed by atoms with van der Waals surface area (Å²) in [6, 6.07) is 9.22. The molecule has 3 rings (SSSR count). The Morgan fingerprint density at radius 3 is 3.00 bits per heavy atom. The second-order valence-electron chi connectivity index (χ2n) is 4.60. The van der Waals surface area contributed by atoms with Crippen LogP contribution in [0.15, 0.2) is 45.2 Å². The molecule has 1 unspecified atom stereocenters. The van der Waals surface area contributed by atoms with Crippen molar-refractivity contribution in [3.05, 3.63) is 56.4 Å². The van der Waals surface area contributed by atoms with E-state index in [0.29, 0.717) is 17.0 Å². The van der Waals surface area contributed by atoms with E-state index < -0.39 is 0 Å². The minimum atomic E-state index is -0.259. The van der Waals surface area contributed by atoms with Crippen LogP contribution in [0.2, 0.25) is 0 Å². The lowest BCUT2D eigenvalue weighted by Crippen LogP contribution is -2.35. The third-order valence-electron chi connectivity index (χ3n) is 3.33. The van der Waals surface area contributed by atoms with E-state index in [4.69, 9.17) is 5.73 Å². The van der Waals surface area contributed by atoms with Crippen molar-refractivity contribution in [3.8, 4) is 0 Å². The molecular formula is C14H13BrFN3S. The molecule has 6 heteroatoms. The van der Waals surface area contributed by atoms with Crippen molar-refractivity contribution in [1.82, 2.24) is 4.90 Å². The second kappa shape index (κ2) is 5.54. The average Bonchev–Trinajstić information content (AvgIpc) is 3.05. The second-order valence-corrected chi connectivity index (χ2v) is 6.48. The maximum absolute atomic E-state index is 13.4. The average molecular weight is 354 g/mol. The predicted molar refractivity (Wildman–Crippen MR) is 83.2 cm³/mol. The van der Waals surface area contributed by atoms with E-state index in [9.17, 15) is 4.39 Å². The molecule has 0 spiro atoms. The lowest BCUT2D eigenvalue weighted by atomic mass is 10.1. The topological polar surface area (TPSA) is 41.6 Å². The Labute approximate surface area is 129 Å². The van der Waals surface area contributed by atoms with Crippen molar-refractivity contribution in [1.29, 1.82) is 0 Å². The Morgan fingerprint density at radius 2 is 2.30 bits per heavy atom. The van der Waals surface area contributed by atoms with Crippen molar-refractivity contribution >= 4 is 33.2 Å². The van der Waals surface area contributed by atoms with Gasteiger partial charge >= 0.3 is 0 Å². The molecule has 1 atom stereocenters. The van der Waals surface area contributed by atoms with Gasteiger partial charge in [-0.15, -0.1) is 11.3 Å². The number of aliphatic imine (C=N–C) groups is 1. The number of rotatable bonds is 3. The van der Waals surface area contributed by atoms with Crippen molar-refractivity contribution in [2.75, 3.05) is 6.54 Å². The van der Waals surface area contributed by atoms with E-state index in [-0.39, 0.29) is 11.9 Å². The highest BCUT2D eigenvalue weighted by Crippen LogP contribution is 2.30. The smallest absolute Gasteiger partial charge is 0.192 e. The van der Waals surface area contributed by atoms with E-state index in [1.165, 1.54) is 10.9 Å². The number of thiophene rings is 1. The van der Waals surface area contributed by atoms with E-state index in [0.717, 1.165) is 12.1 Å².